The molecular formula is C21H30N4O2. The first-order valence-corrected chi connectivity index (χ1v) is 10.5. The molecule has 0 bridgehead atoms. The van der Waals surface area contributed by atoms with Crippen LogP contribution in [0.1, 0.15) is 79.2 Å². The Morgan fingerprint density at radius 1 is 0.963 bits per heavy atom. The van der Waals surface area contributed by atoms with E-state index in [9.17, 15) is 9.59 Å². The van der Waals surface area contributed by atoms with Gasteiger partial charge in [-0.2, -0.15) is 0 Å². The van der Waals surface area contributed by atoms with Gasteiger partial charge in [0.1, 0.15) is 5.82 Å². The Balaban J connectivity index is 1.45. The van der Waals surface area contributed by atoms with Crippen LogP contribution >= 0.6 is 0 Å². The van der Waals surface area contributed by atoms with Crippen LogP contribution < -0.4 is 0 Å². The second-order valence-electron chi connectivity index (χ2n) is 8.33. The summed E-state index contributed by atoms with van der Waals surface area (Å²) in [5, 5.41) is 0. The zero-order chi connectivity index (χ0) is 18.8. The number of nitrogens with zero attached hydrogens (tertiary/aromatic N) is 4. The maximum Gasteiger partial charge on any atom is 0.257 e. The van der Waals surface area contributed by atoms with Crippen LogP contribution in [0.4, 0.5) is 0 Å². The van der Waals surface area contributed by atoms with Crippen molar-refractivity contribution in [3.63, 3.8) is 0 Å². The van der Waals surface area contributed by atoms with Gasteiger partial charge in [-0.3, -0.25) is 9.59 Å². The molecule has 3 fully saturated rings. The van der Waals surface area contributed by atoms with E-state index in [1.165, 1.54) is 12.8 Å². The minimum Gasteiger partial charge on any atom is -0.342 e. The van der Waals surface area contributed by atoms with Crippen molar-refractivity contribution in [2.24, 2.45) is 5.92 Å². The maximum absolute atomic E-state index is 12.8. The number of rotatable bonds is 3. The largest absolute Gasteiger partial charge is 0.342 e. The third-order valence-electron chi connectivity index (χ3n) is 6.42. The zero-order valence-corrected chi connectivity index (χ0v) is 16.3. The molecule has 6 heteroatoms. The molecule has 1 unspecified atom stereocenters. The molecule has 1 aromatic heterocycles. The highest BCUT2D eigenvalue weighted by molar-refractivity contribution is 5.95. The Kier molecular flexibility index (Phi) is 5.41. The predicted molar refractivity (Wildman–Crippen MR) is 102 cm³/mol. The number of hydrogen-bond donors (Lipinski definition) is 0. The minimum atomic E-state index is 0.0594. The number of hydrogen-bond acceptors (Lipinski definition) is 4. The van der Waals surface area contributed by atoms with Crippen LogP contribution in [0.25, 0.3) is 0 Å². The molecule has 4 rings (SSSR count). The monoisotopic (exact) mass is 370 g/mol. The summed E-state index contributed by atoms with van der Waals surface area (Å²) in [7, 11) is 0. The smallest absolute Gasteiger partial charge is 0.257 e. The van der Waals surface area contributed by atoms with Gasteiger partial charge in [-0.25, -0.2) is 9.97 Å². The Morgan fingerprint density at radius 3 is 2.37 bits per heavy atom. The molecule has 6 nitrogen and oxygen atoms in total. The van der Waals surface area contributed by atoms with Crippen LogP contribution in [0, 0.1) is 12.8 Å². The fourth-order valence-corrected chi connectivity index (χ4v) is 4.46. The van der Waals surface area contributed by atoms with Crippen molar-refractivity contribution in [2.45, 2.75) is 64.2 Å². The van der Waals surface area contributed by atoms with E-state index in [1.54, 1.807) is 6.20 Å². The molecule has 2 aliphatic heterocycles. The molecule has 3 aliphatic rings. The van der Waals surface area contributed by atoms with E-state index in [-0.39, 0.29) is 17.7 Å². The van der Waals surface area contributed by atoms with Crippen molar-refractivity contribution in [3.05, 3.63) is 23.3 Å². The Morgan fingerprint density at radius 2 is 1.70 bits per heavy atom. The number of carbonyl (C=O) groups is 2. The van der Waals surface area contributed by atoms with Gasteiger partial charge >= 0.3 is 0 Å². The fourth-order valence-electron chi connectivity index (χ4n) is 4.46. The molecule has 0 N–H and O–H groups in total. The lowest BCUT2D eigenvalue weighted by atomic mass is 9.83. The maximum atomic E-state index is 12.8. The molecule has 0 radical (unpaired) electrons. The summed E-state index contributed by atoms with van der Waals surface area (Å²) < 4.78 is 0. The van der Waals surface area contributed by atoms with Crippen molar-refractivity contribution in [2.75, 3.05) is 26.2 Å². The zero-order valence-electron chi connectivity index (χ0n) is 16.3. The highest BCUT2D eigenvalue weighted by Crippen LogP contribution is 2.32. The van der Waals surface area contributed by atoms with E-state index < -0.39 is 0 Å². The molecule has 2 amide bonds. The van der Waals surface area contributed by atoms with E-state index in [0.29, 0.717) is 18.0 Å². The summed E-state index contributed by atoms with van der Waals surface area (Å²) in [6, 6.07) is 0. The van der Waals surface area contributed by atoms with Gasteiger partial charge in [0, 0.05) is 44.2 Å². The van der Waals surface area contributed by atoms with E-state index >= 15 is 0 Å². The SMILES string of the molecule is Cc1nc(C2CCCN(C(=O)C3CCC3)C2)ncc1C(=O)N1CCCCC1. The lowest BCUT2D eigenvalue weighted by Crippen LogP contribution is -2.44. The highest BCUT2D eigenvalue weighted by atomic mass is 16.2. The topological polar surface area (TPSA) is 66.4 Å². The van der Waals surface area contributed by atoms with Gasteiger partial charge in [0.05, 0.1) is 11.3 Å². The first-order chi connectivity index (χ1) is 13.1. The van der Waals surface area contributed by atoms with E-state index in [0.717, 1.165) is 69.7 Å². The van der Waals surface area contributed by atoms with Crippen molar-refractivity contribution in [3.8, 4) is 0 Å². The van der Waals surface area contributed by atoms with Gasteiger partial charge in [-0.1, -0.05) is 6.42 Å². The minimum absolute atomic E-state index is 0.0594. The normalized spacial score (nSPS) is 23.8. The summed E-state index contributed by atoms with van der Waals surface area (Å²) >= 11 is 0. The molecule has 0 spiro atoms. The third-order valence-corrected chi connectivity index (χ3v) is 6.42. The summed E-state index contributed by atoms with van der Waals surface area (Å²) in [6.07, 6.45) is 10.4. The molecule has 1 aromatic rings. The number of aryl methyl sites for hydroxylation is 1. The Bertz CT molecular complexity index is 710. The van der Waals surface area contributed by atoms with Gasteiger partial charge in [0.15, 0.2) is 0 Å². The molecule has 1 saturated carbocycles. The van der Waals surface area contributed by atoms with Gasteiger partial charge in [0.25, 0.3) is 5.91 Å². The average Bonchev–Trinajstić information content (AvgIpc) is 2.67. The van der Waals surface area contributed by atoms with Gasteiger partial charge in [-0.05, 0) is 51.9 Å². The van der Waals surface area contributed by atoms with E-state index in [4.69, 9.17) is 0 Å². The molecule has 2 saturated heterocycles. The second kappa shape index (κ2) is 7.95. The average molecular weight is 370 g/mol. The van der Waals surface area contributed by atoms with Crippen LogP contribution in [0.2, 0.25) is 0 Å². The Hall–Kier alpha value is -1.98. The summed E-state index contributed by atoms with van der Waals surface area (Å²) in [4.78, 5) is 38.5. The number of piperidine rings is 2. The summed E-state index contributed by atoms with van der Waals surface area (Å²) in [5.41, 5.74) is 1.39. The molecule has 146 valence electrons. The van der Waals surface area contributed by atoms with Crippen LogP contribution in [-0.2, 0) is 4.79 Å². The molecule has 27 heavy (non-hydrogen) atoms. The van der Waals surface area contributed by atoms with Crippen LogP contribution in [-0.4, -0.2) is 57.8 Å². The van der Waals surface area contributed by atoms with Crippen molar-refractivity contribution < 1.29 is 9.59 Å². The predicted octanol–water partition coefficient (Wildman–Crippen LogP) is 2.92. The molecule has 1 atom stereocenters. The Labute approximate surface area is 161 Å². The van der Waals surface area contributed by atoms with E-state index in [1.807, 2.05) is 16.7 Å². The van der Waals surface area contributed by atoms with Crippen molar-refractivity contribution in [1.29, 1.82) is 0 Å². The molecule has 3 heterocycles. The van der Waals surface area contributed by atoms with Crippen LogP contribution in [0.5, 0.6) is 0 Å². The van der Waals surface area contributed by atoms with E-state index in [2.05, 4.69) is 9.97 Å². The number of carbonyl (C=O) groups excluding carboxylic acids is 2. The number of aromatic nitrogens is 2. The quantitative estimate of drug-likeness (QED) is 0.820. The summed E-state index contributed by atoms with van der Waals surface area (Å²) in [5.74, 6) is 1.59. The lowest BCUT2D eigenvalue weighted by molar-refractivity contribution is -0.139. The highest BCUT2D eigenvalue weighted by Gasteiger charge is 2.33. The van der Waals surface area contributed by atoms with Crippen LogP contribution in [0.3, 0.4) is 0 Å². The standard InChI is InChI=1S/C21H30N4O2/c1-15-18(21(27)24-10-3-2-4-11-24)13-22-19(23-15)17-9-6-12-25(14-17)20(26)16-7-5-8-16/h13,16-17H,2-12,14H2,1H3. The first-order valence-electron chi connectivity index (χ1n) is 10.5. The fraction of sp³-hybridized carbons (Fsp3) is 0.714. The van der Waals surface area contributed by atoms with Crippen molar-refractivity contribution in [1.82, 2.24) is 19.8 Å². The summed E-state index contributed by atoms with van der Waals surface area (Å²) in [6.45, 7) is 5.15. The molecular weight excluding hydrogens is 340 g/mol. The van der Waals surface area contributed by atoms with Crippen molar-refractivity contribution >= 4 is 11.8 Å². The molecule has 1 aliphatic carbocycles. The second-order valence-corrected chi connectivity index (χ2v) is 8.33. The van der Waals surface area contributed by atoms with Crippen LogP contribution in [0.15, 0.2) is 6.20 Å². The first kappa shape index (κ1) is 18.4. The number of likely N-dealkylation sites (tertiary alicyclic amines) is 2. The number of amides is 2. The van der Waals surface area contributed by atoms with Gasteiger partial charge in [-0.15, -0.1) is 0 Å². The lowest BCUT2D eigenvalue weighted by Gasteiger charge is -2.36. The van der Waals surface area contributed by atoms with Gasteiger partial charge in [0.2, 0.25) is 5.91 Å². The third kappa shape index (κ3) is 3.85. The molecule has 0 aromatic carbocycles. The van der Waals surface area contributed by atoms with Gasteiger partial charge < -0.3 is 9.80 Å².